The minimum atomic E-state index is 0.252. The van der Waals surface area contributed by atoms with Gasteiger partial charge in [0.1, 0.15) is 0 Å². The highest BCUT2D eigenvalue weighted by molar-refractivity contribution is 4.78. The van der Waals surface area contributed by atoms with Gasteiger partial charge in [-0.15, -0.1) is 0 Å². The summed E-state index contributed by atoms with van der Waals surface area (Å²) in [5.74, 6) is 0.956. The Morgan fingerprint density at radius 1 is 1.12 bits per heavy atom. The van der Waals surface area contributed by atoms with E-state index in [1.807, 2.05) is 0 Å². The molecule has 0 heterocycles. The van der Waals surface area contributed by atoms with Crippen molar-refractivity contribution < 1.29 is 0 Å². The van der Waals surface area contributed by atoms with E-state index in [9.17, 15) is 0 Å². The molecule has 0 radical (unpaired) electrons. The Hall–Kier alpha value is -0.0800. The minimum Gasteiger partial charge on any atom is -0.311 e. The van der Waals surface area contributed by atoms with Gasteiger partial charge >= 0.3 is 0 Å². The van der Waals surface area contributed by atoms with E-state index in [1.54, 1.807) is 0 Å². The molecule has 1 N–H and O–H groups in total. The van der Waals surface area contributed by atoms with Crippen molar-refractivity contribution in [2.75, 3.05) is 20.1 Å². The van der Waals surface area contributed by atoms with E-state index in [-0.39, 0.29) is 5.54 Å². The third kappa shape index (κ3) is 5.31. The smallest absolute Gasteiger partial charge is 0.0107 e. The van der Waals surface area contributed by atoms with Gasteiger partial charge in [-0.05, 0) is 59.4 Å². The lowest BCUT2D eigenvalue weighted by Gasteiger charge is -2.34. The maximum absolute atomic E-state index is 3.56. The van der Waals surface area contributed by atoms with E-state index in [1.165, 1.54) is 32.2 Å². The fraction of sp³-hybridized carbons (Fsp3) is 1.00. The highest BCUT2D eigenvalue weighted by atomic mass is 15.1. The second-order valence-electron chi connectivity index (χ2n) is 6.57. The zero-order chi connectivity index (χ0) is 12.2. The van der Waals surface area contributed by atoms with Gasteiger partial charge in [0.05, 0.1) is 0 Å². The molecule has 2 heteroatoms. The summed E-state index contributed by atoms with van der Waals surface area (Å²) in [6.07, 6.45) is 5.63. The Labute approximate surface area is 102 Å². The topological polar surface area (TPSA) is 15.3 Å². The van der Waals surface area contributed by atoms with Crippen LogP contribution in [0.3, 0.4) is 0 Å². The Morgan fingerprint density at radius 3 is 2.19 bits per heavy atom. The van der Waals surface area contributed by atoms with Crippen molar-refractivity contribution in [3.05, 3.63) is 0 Å². The molecule has 1 rings (SSSR count). The van der Waals surface area contributed by atoms with Gasteiger partial charge in [-0.2, -0.15) is 0 Å². The number of hydrogen-bond donors (Lipinski definition) is 1. The zero-order valence-electron chi connectivity index (χ0n) is 11.8. The molecule has 0 saturated heterocycles. The number of hydrogen-bond acceptors (Lipinski definition) is 2. The molecule has 1 aliphatic rings. The van der Waals surface area contributed by atoms with Crippen LogP contribution in [0.15, 0.2) is 0 Å². The third-order valence-electron chi connectivity index (χ3n) is 3.73. The summed E-state index contributed by atoms with van der Waals surface area (Å²) >= 11 is 0. The predicted octanol–water partition coefficient (Wildman–Crippen LogP) is 2.89. The molecule has 0 spiro atoms. The van der Waals surface area contributed by atoms with Crippen LogP contribution in [0.4, 0.5) is 0 Å². The molecular weight excluding hydrogens is 196 g/mol. The van der Waals surface area contributed by atoms with Crippen LogP contribution in [0, 0.1) is 5.92 Å². The van der Waals surface area contributed by atoms with E-state index in [0.717, 1.165) is 18.5 Å². The summed E-state index contributed by atoms with van der Waals surface area (Å²) in [6.45, 7) is 11.4. The Kier molecular flexibility index (Phi) is 5.26. The first kappa shape index (κ1) is 14.0. The molecule has 0 amide bonds. The van der Waals surface area contributed by atoms with Crippen LogP contribution in [0.25, 0.3) is 0 Å². The van der Waals surface area contributed by atoms with Crippen molar-refractivity contribution in [3.8, 4) is 0 Å². The van der Waals surface area contributed by atoms with Crippen molar-refractivity contribution in [1.29, 1.82) is 0 Å². The van der Waals surface area contributed by atoms with Crippen LogP contribution in [-0.4, -0.2) is 36.6 Å². The van der Waals surface area contributed by atoms with Gasteiger partial charge in [-0.1, -0.05) is 6.92 Å². The minimum absolute atomic E-state index is 0.252. The van der Waals surface area contributed by atoms with Crippen LogP contribution in [-0.2, 0) is 0 Å². The highest BCUT2D eigenvalue weighted by Gasteiger charge is 2.21. The summed E-state index contributed by atoms with van der Waals surface area (Å²) in [6, 6.07) is 0.831. The SMILES string of the molecule is CC1CCC(N(C)CCNC(C)(C)C)CC1. The second kappa shape index (κ2) is 6.02. The maximum Gasteiger partial charge on any atom is 0.0107 e. The molecule has 0 aromatic rings. The van der Waals surface area contributed by atoms with E-state index in [4.69, 9.17) is 0 Å². The quantitative estimate of drug-likeness (QED) is 0.793. The second-order valence-corrected chi connectivity index (χ2v) is 6.57. The van der Waals surface area contributed by atoms with Gasteiger partial charge in [0.15, 0.2) is 0 Å². The molecule has 96 valence electrons. The number of nitrogens with one attached hydrogen (secondary N) is 1. The van der Waals surface area contributed by atoms with Crippen molar-refractivity contribution in [2.45, 2.75) is 65.0 Å². The first-order valence-electron chi connectivity index (χ1n) is 6.84. The van der Waals surface area contributed by atoms with Gasteiger partial charge in [0.2, 0.25) is 0 Å². The molecule has 0 bridgehead atoms. The molecule has 0 unspecified atom stereocenters. The summed E-state index contributed by atoms with van der Waals surface area (Å²) < 4.78 is 0. The van der Waals surface area contributed by atoms with Crippen LogP contribution < -0.4 is 5.32 Å². The largest absolute Gasteiger partial charge is 0.311 e. The molecule has 1 saturated carbocycles. The predicted molar refractivity (Wildman–Crippen MR) is 71.8 cm³/mol. The van der Waals surface area contributed by atoms with Gasteiger partial charge in [-0.3, -0.25) is 0 Å². The van der Waals surface area contributed by atoms with E-state index in [2.05, 4.69) is 45.0 Å². The molecule has 0 aromatic heterocycles. The first-order chi connectivity index (χ1) is 7.38. The van der Waals surface area contributed by atoms with Crippen molar-refractivity contribution in [2.24, 2.45) is 5.92 Å². The summed E-state index contributed by atoms with van der Waals surface area (Å²) in [4.78, 5) is 2.55. The molecule has 1 aliphatic carbocycles. The van der Waals surface area contributed by atoms with Crippen molar-refractivity contribution in [3.63, 3.8) is 0 Å². The molecule has 16 heavy (non-hydrogen) atoms. The lowest BCUT2D eigenvalue weighted by Crippen LogP contribution is -2.43. The van der Waals surface area contributed by atoms with E-state index >= 15 is 0 Å². The standard InChI is InChI=1S/C14H30N2/c1-12-6-8-13(9-7-12)16(5)11-10-15-14(2,3)4/h12-13,15H,6-11H2,1-5H3. The average molecular weight is 226 g/mol. The zero-order valence-corrected chi connectivity index (χ0v) is 11.8. The summed E-state index contributed by atoms with van der Waals surface area (Å²) in [7, 11) is 2.28. The summed E-state index contributed by atoms with van der Waals surface area (Å²) in [5.41, 5.74) is 0.252. The first-order valence-corrected chi connectivity index (χ1v) is 6.84. The number of rotatable bonds is 4. The third-order valence-corrected chi connectivity index (χ3v) is 3.73. The Morgan fingerprint density at radius 2 is 1.69 bits per heavy atom. The van der Waals surface area contributed by atoms with Crippen LogP contribution in [0.5, 0.6) is 0 Å². The number of likely N-dealkylation sites (N-methyl/N-ethyl adjacent to an activating group) is 1. The maximum atomic E-state index is 3.56. The molecule has 2 nitrogen and oxygen atoms in total. The van der Waals surface area contributed by atoms with Gasteiger partial charge in [-0.25, -0.2) is 0 Å². The fourth-order valence-corrected chi connectivity index (χ4v) is 2.47. The van der Waals surface area contributed by atoms with Crippen molar-refractivity contribution in [1.82, 2.24) is 10.2 Å². The molecule has 1 fully saturated rings. The van der Waals surface area contributed by atoms with E-state index in [0.29, 0.717) is 0 Å². The van der Waals surface area contributed by atoms with Gasteiger partial charge in [0.25, 0.3) is 0 Å². The average Bonchev–Trinajstić information content (AvgIpc) is 2.16. The fourth-order valence-electron chi connectivity index (χ4n) is 2.47. The lowest BCUT2D eigenvalue weighted by atomic mass is 9.87. The normalized spacial score (nSPS) is 27.4. The van der Waals surface area contributed by atoms with Gasteiger partial charge in [0, 0.05) is 24.7 Å². The van der Waals surface area contributed by atoms with Gasteiger partial charge < -0.3 is 10.2 Å². The van der Waals surface area contributed by atoms with Crippen LogP contribution in [0.2, 0.25) is 0 Å². The molecule has 0 aromatic carbocycles. The lowest BCUT2D eigenvalue weighted by molar-refractivity contribution is 0.167. The van der Waals surface area contributed by atoms with Crippen LogP contribution in [0.1, 0.15) is 53.4 Å². The summed E-state index contributed by atoms with van der Waals surface area (Å²) in [5, 5.41) is 3.56. The monoisotopic (exact) mass is 226 g/mol. The molecule has 0 aliphatic heterocycles. The number of nitrogens with zero attached hydrogens (tertiary/aromatic N) is 1. The Balaban J connectivity index is 2.17. The van der Waals surface area contributed by atoms with E-state index < -0.39 is 0 Å². The Bertz CT molecular complexity index is 187. The molecular formula is C14H30N2. The highest BCUT2D eigenvalue weighted by Crippen LogP contribution is 2.26. The molecule has 0 atom stereocenters. The van der Waals surface area contributed by atoms with Crippen LogP contribution >= 0.6 is 0 Å². The van der Waals surface area contributed by atoms with Crippen molar-refractivity contribution >= 4 is 0 Å².